The SMILES string of the molecule is CC1CN(C(=O)c2cn3c(n2)NCCC3)CC(CO)O1. The third kappa shape index (κ3) is 2.51. The normalized spacial score (nSPS) is 26.0. The Kier molecular flexibility index (Phi) is 3.62. The van der Waals surface area contributed by atoms with E-state index in [9.17, 15) is 9.90 Å². The topological polar surface area (TPSA) is 79.6 Å². The van der Waals surface area contributed by atoms with E-state index in [0.717, 1.165) is 25.5 Å². The van der Waals surface area contributed by atoms with Crippen LogP contribution in [-0.2, 0) is 11.3 Å². The average molecular weight is 280 g/mol. The van der Waals surface area contributed by atoms with E-state index in [1.54, 1.807) is 11.1 Å². The summed E-state index contributed by atoms with van der Waals surface area (Å²) in [5.41, 5.74) is 0.459. The van der Waals surface area contributed by atoms with Crippen LogP contribution in [0.5, 0.6) is 0 Å². The number of ether oxygens (including phenoxy) is 1. The number of morpholine rings is 1. The number of carbonyl (C=O) groups excluding carboxylic acids is 1. The number of nitrogens with one attached hydrogen (secondary N) is 1. The molecule has 1 amide bonds. The molecule has 1 fully saturated rings. The van der Waals surface area contributed by atoms with E-state index in [1.165, 1.54) is 0 Å². The number of hydrogen-bond donors (Lipinski definition) is 2. The van der Waals surface area contributed by atoms with E-state index in [-0.39, 0.29) is 24.7 Å². The number of anilines is 1. The fraction of sp³-hybridized carbons (Fsp3) is 0.692. The number of aromatic nitrogens is 2. The Hall–Kier alpha value is -1.60. The third-order valence-electron chi connectivity index (χ3n) is 3.67. The number of rotatable bonds is 2. The molecule has 7 heteroatoms. The largest absolute Gasteiger partial charge is 0.394 e. The molecule has 2 unspecified atom stereocenters. The molecule has 0 aromatic carbocycles. The minimum atomic E-state index is -0.307. The van der Waals surface area contributed by atoms with Crippen molar-refractivity contribution in [3.63, 3.8) is 0 Å². The van der Waals surface area contributed by atoms with Gasteiger partial charge in [-0.3, -0.25) is 4.79 Å². The molecule has 1 saturated heterocycles. The van der Waals surface area contributed by atoms with Crippen molar-refractivity contribution in [2.24, 2.45) is 0 Å². The summed E-state index contributed by atoms with van der Waals surface area (Å²) in [5, 5.41) is 12.4. The number of aliphatic hydroxyl groups excluding tert-OH is 1. The van der Waals surface area contributed by atoms with Crippen molar-refractivity contribution in [1.29, 1.82) is 0 Å². The van der Waals surface area contributed by atoms with Crippen molar-refractivity contribution in [2.75, 3.05) is 31.6 Å². The summed E-state index contributed by atoms with van der Waals surface area (Å²) in [6, 6.07) is 0. The molecule has 2 atom stereocenters. The van der Waals surface area contributed by atoms with Gasteiger partial charge in [0.1, 0.15) is 5.69 Å². The zero-order valence-corrected chi connectivity index (χ0v) is 11.6. The molecule has 0 spiro atoms. The first-order chi connectivity index (χ1) is 9.67. The van der Waals surface area contributed by atoms with Gasteiger partial charge in [0.15, 0.2) is 0 Å². The number of carbonyl (C=O) groups is 1. The Morgan fingerprint density at radius 1 is 1.60 bits per heavy atom. The van der Waals surface area contributed by atoms with Gasteiger partial charge in [-0.25, -0.2) is 4.98 Å². The summed E-state index contributed by atoms with van der Waals surface area (Å²) in [7, 11) is 0. The van der Waals surface area contributed by atoms with E-state index in [0.29, 0.717) is 18.8 Å². The number of nitrogens with zero attached hydrogens (tertiary/aromatic N) is 3. The number of imidazole rings is 1. The van der Waals surface area contributed by atoms with E-state index < -0.39 is 0 Å². The first-order valence-corrected chi connectivity index (χ1v) is 7.04. The fourth-order valence-corrected chi connectivity index (χ4v) is 2.75. The second-order valence-electron chi connectivity index (χ2n) is 5.38. The van der Waals surface area contributed by atoms with E-state index in [4.69, 9.17) is 4.74 Å². The van der Waals surface area contributed by atoms with Crippen LogP contribution in [-0.4, -0.2) is 63.9 Å². The molecule has 110 valence electrons. The Bertz CT molecular complexity index is 478. The van der Waals surface area contributed by atoms with Crippen molar-refractivity contribution in [3.8, 4) is 0 Å². The molecular weight excluding hydrogens is 260 g/mol. The lowest BCUT2D eigenvalue weighted by atomic mass is 10.2. The van der Waals surface area contributed by atoms with Crippen LogP contribution in [0.2, 0.25) is 0 Å². The summed E-state index contributed by atoms with van der Waals surface area (Å²) in [6.07, 6.45) is 2.47. The minimum Gasteiger partial charge on any atom is -0.394 e. The molecule has 1 aromatic rings. The molecular formula is C13H20N4O3. The Labute approximate surface area is 117 Å². The van der Waals surface area contributed by atoms with Crippen LogP contribution in [0.15, 0.2) is 6.20 Å². The van der Waals surface area contributed by atoms with Crippen molar-refractivity contribution < 1.29 is 14.6 Å². The van der Waals surface area contributed by atoms with Crippen LogP contribution in [0.3, 0.4) is 0 Å². The Balaban J connectivity index is 1.76. The lowest BCUT2D eigenvalue weighted by molar-refractivity contribution is -0.0859. The number of aliphatic hydroxyl groups is 1. The summed E-state index contributed by atoms with van der Waals surface area (Å²) in [4.78, 5) is 18.6. The molecule has 0 saturated carbocycles. The van der Waals surface area contributed by atoms with Crippen LogP contribution >= 0.6 is 0 Å². The fourth-order valence-electron chi connectivity index (χ4n) is 2.75. The lowest BCUT2D eigenvalue weighted by Gasteiger charge is -2.35. The summed E-state index contributed by atoms with van der Waals surface area (Å²) in [5.74, 6) is 0.668. The summed E-state index contributed by atoms with van der Waals surface area (Å²) in [6.45, 7) is 4.56. The number of hydrogen-bond acceptors (Lipinski definition) is 5. The third-order valence-corrected chi connectivity index (χ3v) is 3.67. The van der Waals surface area contributed by atoms with Gasteiger partial charge in [-0.1, -0.05) is 0 Å². The maximum absolute atomic E-state index is 12.5. The molecule has 3 heterocycles. The molecule has 1 aromatic heterocycles. The number of aryl methyl sites for hydroxylation is 1. The standard InChI is InChI=1S/C13H20N4O3/c1-9-5-17(6-10(8-18)20-9)12(19)11-7-16-4-2-3-14-13(16)15-11/h7,9-10,18H,2-6,8H2,1H3,(H,14,15). The van der Waals surface area contributed by atoms with Gasteiger partial charge in [0.2, 0.25) is 5.95 Å². The van der Waals surface area contributed by atoms with Crippen molar-refractivity contribution in [1.82, 2.24) is 14.5 Å². The Morgan fingerprint density at radius 2 is 2.45 bits per heavy atom. The molecule has 7 nitrogen and oxygen atoms in total. The highest BCUT2D eigenvalue weighted by Gasteiger charge is 2.30. The quantitative estimate of drug-likeness (QED) is 0.792. The van der Waals surface area contributed by atoms with Crippen molar-refractivity contribution in [2.45, 2.75) is 32.1 Å². The van der Waals surface area contributed by atoms with Gasteiger partial charge < -0.3 is 24.6 Å². The predicted molar refractivity (Wildman–Crippen MR) is 72.7 cm³/mol. The van der Waals surface area contributed by atoms with Gasteiger partial charge in [-0.15, -0.1) is 0 Å². The summed E-state index contributed by atoms with van der Waals surface area (Å²) >= 11 is 0. The van der Waals surface area contributed by atoms with Gasteiger partial charge in [0, 0.05) is 32.4 Å². The number of fused-ring (bicyclic) bond motifs is 1. The van der Waals surface area contributed by atoms with Gasteiger partial charge in [-0.2, -0.15) is 0 Å². The maximum atomic E-state index is 12.5. The molecule has 20 heavy (non-hydrogen) atoms. The average Bonchev–Trinajstić information content (AvgIpc) is 2.89. The van der Waals surface area contributed by atoms with E-state index in [2.05, 4.69) is 10.3 Å². The molecule has 0 aliphatic carbocycles. The molecule has 3 rings (SSSR count). The predicted octanol–water partition coefficient (Wildman–Crippen LogP) is -0.0795. The smallest absolute Gasteiger partial charge is 0.274 e. The minimum absolute atomic E-state index is 0.0692. The van der Waals surface area contributed by atoms with Crippen LogP contribution in [0.25, 0.3) is 0 Å². The highest BCUT2D eigenvalue weighted by Crippen LogP contribution is 2.18. The van der Waals surface area contributed by atoms with Gasteiger partial charge >= 0.3 is 0 Å². The highest BCUT2D eigenvalue weighted by molar-refractivity contribution is 5.92. The molecule has 2 N–H and O–H groups in total. The zero-order valence-electron chi connectivity index (χ0n) is 11.6. The molecule has 2 aliphatic heterocycles. The second kappa shape index (κ2) is 5.41. The van der Waals surface area contributed by atoms with E-state index in [1.807, 2.05) is 11.5 Å². The van der Waals surface area contributed by atoms with Gasteiger partial charge in [-0.05, 0) is 13.3 Å². The van der Waals surface area contributed by atoms with Gasteiger partial charge in [0.25, 0.3) is 5.91 Å². The monoisotopic (exact) mass is 280 g/mol. The molecule has 0 bridgehead atoms. The van der Waals surface area contributed by atoms with Crippen LogP contribution in [0.4, 0.5) is 5.95 Å². The van der Waals surface area contributed by atoms with Crippen molar-refractivity contribution in [3.05, 3.63) is 11.9 Å². The first kappa shape index (κ1) is 13.4. The molecule has 2 aliphatic rings. The molecule has 0 radical (unpaired) electrons. The maximum Gasteiger partial charge on any atom is 0.274 e. The van der Waals surface area contributed by atoms with Gasteiger partial charge in [0.05, 0.1) is 18.8 Å². The zero-order chi connectivity index (χ0) is 14.1. The summed E-state index contributed by atoms with van der Waals surface area (Å²) < 4.78 is 7.53. The second-order valence-corrected chi connectivity index (χ2v) is 5.38. The lowest BCUT2D eigenvalue weighted by Crippen LogP contribution is -2.50. The number of amides is 1. The first-order valence-electron chi connectivity index (χ1n) is 7.04. The van der Waals surface area contributed by atoms with Crippen molar-refractivity contribution >= 4 is 11.9 Å². The van der Waals surface area contributed by atoms with E-state index >= 15 is 0 Å². The van der Waals surface area contributed by atoms with Crippen LogP contribution in [0, 0.1) is 0 Å². The van der Waals surface area contributed by atoms with Crippen LogP contribution in [0.1, 0.15) is 23.8 Å². The highest BCUT2D eigenvalue weighted by atomic mass is 16.5. The Morgan fingerprint density at radius 3 is 3.20 bits per heavy atom. The van der Waals surface area contributed by atoms with Crippen LogP contribution < -0.4 is 5.32 Å².